The molecule has 9 rings (SSSR count). The fourth-order valence-corrected chi connectivity index (χ4v) is 9.25. The van der Waals surface area contributed by atoms with Gasteiger partial charge in [0.2, 0.25) is 5.91 Å². The van der Waals surface area contributed by atoms with Crippen molar-refractivity contribution >= 4 is 58.1 Å². The molecule has 3 aromatic carbocycles. The minimum Gasteiger partial charge on any atom is -0.494 e. The summed E-state index contributed by atoms with van der Waals surface area (Å²) in [5.41, 5.74) is 11.4. The van der Waals surface area contributed by atoms with Gasteiger partial charge in [0.15, 0.2) is 0 Å². The maximum Gasteiger partial charge on any atom is 0.328 e. The molecule has 0 bridgehead atoms. The number of benzene rings is 3. The first kappa shape index (κ1) is 42.3. The molecule has 17 heteroatoms. The number of anilines is 6. The van der Waals surface area contributed by atoms with E-state index >= 15 is 4.39 Å². The van der Waals surface area contributed by atoms with Gasteiger partial charge in [-0.25, -0.2) is 18.9 Å². The average molecular weight is 870 g/mol. The molecule has 5 N–H and O–H groups in total. The standard InChI is InChI=1S/C47H52FN11O5/c1-3-64-35-12-17-50-39(27-35)52-46(62)36-9-10-37(42(48)29(36)2)43-41(44(49)61)45-51-38-11-8-34(26-31(38)15-21-59(45)54-43)57-24-22-55(23-25-57)28-30-13-18-56(19-14-30)32-4-6-33(7-5-32)58-20-16-40(60)53-47(58)63/h4-12,17,26-27,30,51H,3,13-16,18-25,28H2,1-2H3,(H2,49,61)(H,50,52,62)(H,53,60,63). The Morgan fingerprint density at radius 2 is 1.59 bits per heavy atom. The Kier molecular flexibility index (Phi) is 11.9. The van der Waals surface area contributed by atoms with Crippen molar-refractivity contribution in [2.45, 2.75) is 46.1 Å². The van der Waals surface area contributed by atoms with Crippen molar-refractivity contribution in [3.05, 3.63) is 101 Å². The molecular formula is C47H52FN11O5. The van der Waals surface area contributed by atoms with Gasteiger partial charge >= 0.3 is 6.03 Å². The van der Waals surface area contributed by atoms with Crippen LogP contribution >= 0.6 is 0 Å². The summed E-state index contributed by atoms with van der Waals surface area (Å²) >= 11 is 0. The van der Waals surface area contributed by atoms with E-state index < -0.39 is 17.6 Å². The molecule has 0 spiro atoms. The number of imide groups is 1. The van der Waals surface area contributed by atoms with E-state index in [0.29, 0.717) is 50.0 Å². The molecule has 6 heterocycles. The summed E-state index contributed by atoms with van der Waals surface area (Å²) in [5, 5.41) is 13.2. The second-order valence-corrected chi connectivity index (χ2v) is 16.7. The van der Waals surface area contributed by atoms with Gasteiger partial charge in [-0.3, -0.25) is 29.5 Å². The number of aromatic nitrogens is 3. The van der Waals surface area contributed by atoms with Crippen LogP contribution < -0.4 is 41.1 Å². The topological polar surface area (TPSA) is 183 Å². The maximum atomic E-state index is 16.2. The number of hydrogen-bond acceptors (Lipinski definition) is 11. The highest BCUT2D eigenvalue weighted by atomic mass is 19.1. The number of pyridine rings is 1. The summed E-state index contributed by atoms with van der Waals surface area (Å²) in [5.74, 6) is -0.357. The third-order valence-electron chi connectivity index (χ3n) is 12.8. The lowest BCUT2D eigenvalue weighted by Crippen LogP contribution is -2.49. The Labute approximate surface area is 370 Å². The first-order valence-corrected chi connectivity index (χ1v) is 22.0. The quantitative estimate of drug-likeness (QED) is 0.124. The lowest BCUT2D eigenvalue weighted by Gasteiger charge is -2.40. The molecule has 332 valence electrons. The van der Waals surface area contributed by atoms with Gasteiger partial charge in [0.05, 0.1) is 6.61 Å². The fourth-order valence-electron chi connectivity index (χ4n) is 9.25. The molecule has 0 atom stereocenters. The Hall–Kier alpha value is -7.01. The van der Waals surface area contributed by atoms with Gasteiger partial charge in [-0.05, 0) is 111 Å². The van der Waals surface area contributed by atoms with Gasteiger partial charge in [-0.2, -0.15) is 5.10 Å². The third-order valence-corrected chi connectivity index (χ3v) is 12.8. The number of nitrogens with zero attached hydrogens (tertiary/aromatic N) is 7. The second-order valence-electron chi connectivity index (χ2n) is 16.7. The normalized spacial score (nSPS) is 17.0. The molecule has 3 saturated heterocycles. The van der Waals surface area contributed by atoms with Crippen molar-refractivity contribution < 1.29 is 28.3 Å². The predicted octanol–water partition coefficient (Wildman–Crippen LogP) is 5.93. The van der Waals surface area contributed by atoms with E-state index in [-0.39, 0.29) is 45.7 Å². The van der Waals surface area contributed by atoms with Gasteiger partial charge in [-0.15, -0.1) is 0 Å². The highest BCUT2D eigenvalue weighted by Gasteiger charge is 2.30. The number of halogens is 1. The Morgan fingerprint density at radius 3 is 2.33 bits per heavy atom. The number of nitrogens with one attached hydrogen (secondary N) is 3. The minimum absolute atomic E-state index is 0.0659. The Bertz CT molecular complexity index is 2600. The summed E-state index contributed by atoms with van der Waals surface area (Å²) < 4.78 is 23.3. The number of rotatable bonds is 11. The SMILES string of the molecule is CCOc1ccnc(NC(=O)c2ccc(-c3nn4c(c3C(N)=O)Nc3ccc(N5CCN(CC6CCN(c7ccc(N8CCC(=O)NC8=O)cc7)CC6)CC5)cc3CC4)c(F)c2C)c1. The molecule has 16 nitrogen and oxygen atoms in total. The number of fused-ring (bicyclic) bond motifs is 2. The third kappa shape index (κ3) is 8.67. The predicted molar refractivity (Wildman–Crippen MR) is 243 cm³/mol. The van der Waals surface area contributed by atoms with Crippen LogP contribution in [0, 0.1) is 18.7 Å². The summed E-state index contributed by atoms with van der Waals surface area (Å²) in [4.78, 5) is 63.3. The first-order chi connectivity index (χ1) is 31.0. The number of aryl methyl sites for hydroxylation is 2. The van der Waals surface area contributed by atoms with Crippen LogP contribution in [0.3, 0.4) is 0 Å². The fraction of sp³-hybridized carbons (Fsp3) is 0.362. The van der Waals surface area contributed by atoms with Crippen LogP contribution in [0.1, 0.15) is 58.0 Å². The van der Waals surface area contributed by atoms with Crippen LogP contribution in [0.15, 0.2) is 72.9 Å². The van der Waals surface area contributed by atoms with Crippen molar-refractivity contribution in [2.24, 2.45) is 11.7 Å². The Morgan fingerprint density at radius 1 is 0.859 bits per heavy atom. The molecule has 5 aromatic rings. The number of piperidine rings is 1. The molecule has 0 radical (unpaired) electrons. The lowest BCUT2D eigenvalue weighted by atomic mass is 9.95. The number of hydrogen-bond donors (Lipinski definition) is 4. The molecule has 64 heavy (non-hydrogen) atoms. The number of carbonyl (C=O) groups is 4. The van der Waals surface area contributed by atoms with Crippen molar-refractivity contribution in [3.63, 3.8) is 0 Å². The van der Waals surface area contributed by atoms with Gasteiger partial charge in [-0.1, -0.05) is 0 Å². The van der Waals surface area contributed by atoms with E-state index in [1.807, 2.05) is 25.1 Å². The van der Waals surface area contributed by atoms with Crippen LogP contribution in [-0.4, -0.2) is 102 Å². The van der Waals surface area contributed by atoms with Crippen LogP contribution in [-0.2, 0) is 17.8 Å². The van der Waals surface area contributed by atoms with Gasteiger partial charge in [0.25, 0.3) is 11.8 Å². The van der Waals surface area contributed by atoms with E-state index in [9.17, 15) is 19.2 Å². The van der Waals surface area contributed by atoms with Crippen molar-refractivity contribution in [2.75, 3.05) is 84.3 Å². The average Bonchev–Trinajstić information content (AvgIpc) is 3.55. The van der Waals surface area contributed by atoms with Crippen molar-refractivity contribution in [3.8, 4) is 17.0 Å². The van der Waals surface area contributed by atoms with Crippen LogP contribution in [0.4, 0.5) is 43.6 Å². The van der Waals surface area contributed by atoms with Crippen LogP contribution in [0.5, 0.6) is 5.75 Å². The van der Waals surface area contributed by atoms with Crippen molar-refractivity contribution in [1.82, 2.24) is 25.0 Å². The van der Waals surface area contributed by atoms with Gasteiger partial charge < -0.3 is 30.9 Å². The molecule has 4 aliphatic rings. The number of carbonyl (C=O) groups excluding carboxylic acids is 4. The number of ether oxygens (including phenoxy) is 1. The molecule has 0 aliphatic carbocycles. The lowest BCUT2D eigenvalue weighted by molar-refractivity contribution is -0.120. The highest BCUT2D eigenvalue weighted by molar-refractivity contribution is 6.07. The zero-order valence-electron chi connectivity index (χ0n) is 36.0. The van der Waals surface area contributed by atoms with E-state index in [1.54, 1.807) is 21.7 Å². The molecule has 3 fully saturated rings. The summed E-state index contributed by atoms with van der Waals surface area (Å²) in [6.45, 7) is 11.5. The van der Waals surface area contributed by atoms with Crippen LogP contribution in [0.2, 0.25) is 0 Å². The molecule has 2 aromatic heterocycles. The molecule has 5 amide bonds. The molecule has 0 unspecified atom stereocenters. The maximum absolute atomic E-state index is 16.2. The molecular weight excluding hydrogens is 818 g/mol. The molecule has 4 aliphatic heterocycles. The van der Waals surface area contributed by atoms with Gasteiger partial charge in [0.1, 0.15) is 34.5 Å². The first-order valence-electron chi connectivity index (χ1n) is 22.0. The monoisotopic (exact) mass is 869 g/mol. The van der Waals surface area contributed by atoms with Crippen LogP contribution in [0.25, 0.3) is 11.3 Å². The number of primary amides is 1. The zero-order chi connectivity index (χ0) is 44.5. The van der Waals surface area contributed by atoms with E-state index in [4.69, 9.17) is 15.6 Å². The van der Waals surface area contributed by atoms with E-state index in [1.165, 1.54) is 25.3 Å². The minimum atomic E-state index is -0.747. The summed E-state index contributed by atoms with van der Waals surface area (Å²) in [6, 6.07) is 20.2. The summed E-state index contributed by atoms with van der Waals surface area (Å²) in [6.07, 6.45) is 4.69. The number of amides is 5. The summed E-state index contributed by atoms with van der Waals surface area (Å²) in [7, 11) is 0. The number of urea groups is 1. The second kappa shape index (κ2) is 18.0. The number of nitrogens with two attached hydrogens (primary N) is 1. The Balaban J connectivity index is 0.801. The smallest absolute Gasteiger partial charge is 0.328 e. The molecule has 0 saturated carbocycles. The largest absolute Gasteiger partial charge is 0.494 e. The van der Waals surface area contributed by atoms with E-state index in [2.05, 4.69) is 59.9 Å². The van der Waals surface area contributed by atoms with E-state index in [0.717, 1.165) is 87.0 Å². The number of piperazine rings is 1. The van der Waals surface area contributed by atoms with Gasteiger partial charge in [0, 0.05) is 111 Å². The zero-order valence-corrected chi connectivity index (χ0v) is 36.0. The highest BCUT2D eigenvalue weighted by Crippen LogP contribution is 2.38. The van der Waals surface area contributed by atoms with Crippen molar-refractivity contribution in [1.29, 1.82) is 0 Å².